The van der Waals surface area contributed by atoms with E-state index < -0.39 is 17.7 Å². The molecule has 1 aliphatic heterocycles. The number of nitrogens with two attached hydrogens (primary N) is 1. The maximum absolute atomic E-state index is 13.5. The summed E-state index contributed by atoms with van der Waals surface area (Å²) in [6, 6.07) is 12.9. The quantitative estimate of drug-likeness (QED) is 0.374. The molecule has 0 aliphatic carbocycles. The topological polar surface area (TPSA) is 86.8 Å². The van der Waals surface area contributed by atoms with Gasteiger partial charge in [0.25, 0.3) is 0 Å². The predicted molar refractivity (Wildman–Crippen MR) is 125 cm³/mol. The molecule has 2 unspecified atom stereocenters. The van der Waals surface area contributed by atoms with Crippen LogP contribution in [0.5, 0.6) is 17.2 Å². The van der Waals surface area contributed by atoms with Crippen molar-refractivity contribution < 1.29 is 28.1 Å². The number of halogens is 2. The summed E-state index contributed by atoms with van der Waals surface area (Å²) in [4.78, 5) is 4.31. The minimum atomic E-state index is -0.931. The summed E-state index contributed by atoms with van der Waals surface area (Å²) in [5.74, 6) is -0.203. The highest BCUT2D eigenvalue weighted by atomic mass is 32.1. The molecule has 1 aliphatic rings. The molecule has 176 valence electrons. The lowest BCUT2D eigenvalue weighted by molar-refractivity contribution is 0.0502. The second-order valence-corrected chi connectivity index (χ2v) is 9.24. The Morgan fingerprint density at radius 2 is 1.97 bits per heavy atom. The molecule has 6 nitrogen and oxygen atoms in total. The predicted octanol–water partition coefficient (Wildman–Crippen LogP) is 5.03. The summed E-state index contributed by atoms with van der Waals surface area (Å²) in [5.41, 5.74) is 8.47. The molecule has 0 radical (unpaired) electrons. The van der Waals surface area contributed by atoms with Crippen molar-refractivity contribution in [3.63, 3.8) is 0 Å². The molecule has 9 heteroatoms. The third-order valence-electron chi connectivity index (χ3n) is 5.82. The highest BCUT2D eigenvalue weighted by molar-refractivity contribution is 7.18. The standard InChI is InChI=1S/C25H22F2N2O4S/c1-31-21-4-2-15(28)7-13(21)6-14-11-33-22-5-3-16(8-17(22)25(14)30)32-12-24-29-20-9-18(26)19(27)10-23(20)34-24/h2-5,7-10,14,25,30H,6,11-12,28H2,1H3. The summed E-state index contributed by atoms with van der Waals surface area (Å²) in [6.45, 7) is 0.480. The van der Waals surface area contributed by atoms with Crippen LogP contribution in [0.3, 0.4) is 0 Å². The Morgan fingerprint density at radius 3 is 2.79 bits per heavy atom. The van der Waals surface area contributed by atoms with E-state index in [1.807, 2.05) is 12.1 Å². The molecule has 0 spiro atoms. The number of aliphatic hydroxyl groups excluding tert-OH is 1. The second-order valence-electron chi connectivity index (χ2n) is 8.12. The SMILES string of the molecule is COc1ccc(N)cc1CC1COc2ccc(OCc3nc4cc(F)c(F)cc4s3)cc2C1O. The van der Waals surface area contributed by atoms with Crippen LogP contribution in [0, 0.1) is 17.6 Å². The maximum Gasteiger partial charge on any atom is 0.161 e. The molecule has 2 atom stereocenters. The monoisotopic (exact) mass is 484 g/mol. The van der Waals surface area contributed by atoms with Gasteiger partial charge < -0.3 is 25.1 Å². The molecule has 3 N–H and O–H groups in total. The maximum atomic E-state index is 13.5. The molecular formula is C25H22F2N2O4S. The van der Waals surface area contributed by atoms with E-state index in [0.717, 1.165) is 17.7 Å². The van der Waals surface area contributed by atoms with Crippen LogP contribution < -0.4 is 19.9 Å². The van der Waals surface area contributed by atoms with Gasteiger partial charge in [-0.2, -0.15) is 0 Å². The van der Waals surface area contributed by atoms with E-state index in [0.29, 0.717) is 56.8 Å². The van der Waals surface area contributed by atoms with E-state index in [2.05, 4.69) is 4.98 Å². The molecule has 2 heterocycles. The van der Waals surface area contributed by atoms with Gasteiger partial charge in [-0.15, -0.1) is 11.3 Å². The van der Waals surface area contributed by atoms with E-state index in [1.165, 1.54) is 11.3 Å². The fourth-order valence-electron chi connectivity index (χ4n) is 4.11. The lowest BCUT2D eigenvalue weighted by atomic mass is 9.87. The van der Waals surface area contributed by atoms with Crippen molar-refractivity contribution in [2.75, 3.05) is 19.5 Å². The fraction of sp³-hybridized carbons (Fsp3) is 0.240. The minimum absolute atomic E-state index is 0.127. The van der Waals surface area contributed by atoms with Gasteiger partial charge in [-0.05, 0) is 54.4 Å². The van der Waals surface area contributed by atoms with E-state index in [1.54, 1.807) is 31.4 Å². The van der Waals surface area contributed by atoms with E-state index in [-0.39, 0.29) is 12.5 Å². The lowest BCUT2D eigenvalue weighted by Crippen LogP contribution is -2.27. The van der Waals surface area contributed by atoms with Crippen LogP contribution in [0.25, 0.3) is 10.2 Å². The molecule has 34 heavy (non-hydrogen) atoms. The van der Waals surface area contributed by atoms with Gasteiger partial charge in [0.15, 0.2) is 11.6 Å². The number of anilines is 1. The third-order valence-corrected chi connectivity index (χ3v) is 6.81. The zero-order valence-electron chi connectivity index (χ0n) is 18.3. The fourth-order valence-corrected chi connectivity index (χ4v) is 5.00. The van der Waals surface area contributed by atoms with Crippen LogP contribution in [-0.4, -0.2) is 23.8 Å². The van der Waals surface area contributed by atoms with Gasteiger partial charge in [0.2, 0.25) is 0 Å². The molecule has 0 saturated carbocycles. The number of rotatable bonds is 6. The van der Waals surface area contributed by atoms with Crippen LogP contribution in [0.4, 0.5) is 14.5 Å². The molecule has 0 amide bonds. The van der Waals surface area contributed by atoms with Crippen molar-refractivity contribution in [3.05, 3.63) is 76.3 Å². The van der Waals surface area contributed by atoms with Gasteiger partial charge in [0, 0.05) is 23.2 Å². The highest BCUT2D eigenvalue weighted by Crippen LogP contribution is 2.40. The molecular weight excluding hydrogens is 462 g/mol. The van der Waals surface area contributed by atoms with Crippen molar-refractivity contribution >= 4 is 27.2 Å². The van der Waals surface area contributed by atoms with Crippen molar-refractivity contribution in [2.24, 2.45) is 5.92 Å². The van der Waals surface area contributed by atoms with E-state index >= 15 is 0 Å². The molecule has 4 aromatic rings. The number of fused-ring (bicyclic) bond motifs is 2. The first-order chi connectivity index (χ1) is 16.4. The van der Waals surface area contributed by atoms with Crippen LogP contribution >= 0.6 is 11.3 Å². The van der Waals surface area contributed by atoms with Crippen molar-refractivity contribution in [1.82, 2.24) is 4.98 Å². The third kappa shape index (κ3) is 4.36. The number of nitrogens with zero attached hydrogens (tertiary/aromatic N) is 1. The Hall–Kier alpha value is -3.43. The van der Waals surface area contributed by atoms with Crippen molar-refractivity contribution in [1.29, 1.82) is 0 Å². The number of methoxy groups -OCH3 is 1. The molecule has 0 bridgehead atoms. The summed E-state index contributed by atoms with van der Waals surface area (Å²) in [6.07, 6.45) is -0.245. The summed E-state index contributed by atoms with van der Waals surface area (Å²) in [7, 11) is 1.60. The van der Waals surface area contributed by atoms with Gasteiger partial charge in [0.1, 0.15) is 28.9 Å². The zero-order valence-corrected chi connectivity index (χ0v) is 19.1. The number of benzene rings is 3. The Morgan fingerprint density at radius 1 is 1.15 bits per heavy atom. The Labute approximate surface area is 198 Å². The average Bonchev–Trinajstić information content (AvgIpc) is 3.21. The molecule has 3 aromatic carbocycles. The molecule has 0 fully saturated rings. The first kappa shape index (κ1) is 22.4. The minimum Gasteiger partial charge on any atom is -0.496 e. The number of aromatic nitrogens is 1. The zero-order chi connectivity index (χ0) is 23.8. The largest absolute Gasteiger partial charge is 0.496 e. The summed E-state index contributed by atoms with van der Waals surface area (Å²) < 4.78 is 44.6. The number of aliphatic hydroxyl groups is 1. The normalized spacial score (nSPS) is 17.3. The van der Waals surface area contributed by atoms with Crippen molar-refractivity contribution in [2.45, 2.75) is 19.1 Å². The summed E-state index contributed by atoms with van der Waals surface area (Å²) >= 11 is 1.24. The van der Waals surface area contributed by atoms with Crippen LogP contribution in [0.2, 0.25) is 0 Å². The van der Waals surface area contributed by atoms with E-state index in [4.69, 9.17) is 19.9 Å². The molecule has 1 aromatic heterocycles. The number of nitrogen functional groups attached to an aromatic ring is 1. The van der Waals surface area contributed by atoms with E-state index in [9.17, 15) is 13.9 Å². The number of thiazole rings is 1. The summed E-state index contributed by atoms with van der Waals surface area (Å²) in [5, 5.41) is 11.7. The van der Waals surface area contributed by atoms with Gasteiger partial charge in [-0.3, -0.25) is 0 Å². The van der Waals surface area contributed by atoms with Gasteiger partial charge in [-0.25, -0.2) is 13.8 Å². The van der Waals surface area contributed by atoms with Gasteiger partial charge in [0.05, 0.1) is 30.0 Å². The van der Waals surface area contributed by atoms with Gasteiger partial charge >= 0.3 is 0 Å². The van der Waals surface area contributed by atoms with Crippen LogP contribution in [-0.2, 0) is 13.0 Å². The number of ether oxygens (including phenoxy) is 3. The molecule has 0 saturated heterocycles. The van der Waals surface area contributed by atoms with Crippen molar-refractivity contribution in [3.8, 4) is 17.2 Å². The van der Waals surface area contributed by atoms with Gasteiger partial charge in [-0.1, -0.05) is 0 Å². The molecule has 5 rings (SSSR count). The first-order valence-corrected chi connectivity index (χ1v) is 11.5. The average molecular weight is 485 g/mol. The smallest absolute Gasteiger partial charge is 0.161 e. The van der Waals surface area contributed by atoms with Crippen LogP contribution in [0.1, 0.15) is 22.2 Å². The lowest BCUT2D eigenvalue weighted by Gasteiger charge is -2.31. The number of hydrogen-bond donors (Lipinski definition) is 2. The first-order valence-electron chi connectivity index (χ1n) is 10.7. The Kier molecular flexibility index (Phi) is 5.97. The number of hydrogen-bond acceptors (Lipinski definition) is 7. The van der Waals surface area contributed by atoms with Crippen LogP contribution in [0.15, 0.2) is 48.5 Å². The highest BCUT2D eigenvalue weighted by Gasteiger charge is 2.31. The Balaban J connectivity index is 1.32. The second kappa shape index (κ2) is 9.08. The Bertz CT molecular complexity index is 1320.